The highest BCUT2D eigenvalue weighted by molar-refractivity contribution is 5.75. The molecule has 14 heavy (non-hydrogen) atoms. The van der Waals surface area contributed by atoms with Gasteiger partial charge in [0.2, 0.25) is 0 Å². The normalized spacial score (nSPS) is 12.4. The Kier molecular flexibility index (Phi) is 3.01. The Labute approximate surface area is 81.3 Å². The molecule has 0 bridgehead atoms. The molecule has 76 valence electrons. The van der Waals surface area contributed by atoms with Crippen LogP contribution < -0.4 is 0 Å². The van der Waals surface area contributed by atoms with E-state index in [4.69, 9.17) is 5.11 Å². The fourth-order valence-electron chi connectivity index (χ4n) is 1.25. The smallest absolute Gasteiger partial charge is 0.328 e. The van der Waals surface area contributed by atoms with E-state index in [0.717, 1.165) is 0 Å². The van der Waals surface area contributed by atoms with Crippen LogP contribution in [0.3, 0.4) is 0 Å². The topological polar surface area (TPSA) is 72.2 Å². The molecule has 0 aliphatic carbocycles. The molecule has 1 N–H and O–H groups in total. The van der Waals surface area contributed by atoms with Crippen molar-refractivity contribution in [2.75, 3.05) is 0 Å². The Morgan fingerprint density at radius 3 is 2.79 bits per heavy atom. The van der Waals surface area contributed by atoms with E-state index in [2.05, 4.69) is 5.10 Å². The van der Waals surface area contributed by atoms with Crippen LogP contribution >= 0.6 is 0 Å². The fourth-order valence-corrected chi connectivity index (χ4v) is 1.25. The molecule has 0 saturated heterocycles. The van der Waals surface area contributed by atoms with Gasteiger partial charge < -0.3 is 5.11 Å². The monoisotopic (exact) mass is 196 g/mol. The van der Waals surface area contributed by atoms with Gasteiger partial charge in [-0.25, -0.2) is 4.79 Å². The molecule has 5 nitrogen and oxygen atoms in total. The largest absolute Gasteiger partial charge is 0.480 e. The maximum atomic E-state index is 10.8. The summed E-state index contributed by atoms with van der Waals surface area (Å²) in [5.74, 6) is -0.938. The fraction of sp³-hybridized carbons (Fsp3) is 0.444. The summed E-state index contributed by atoms with van der Waals surface area (Å²) < 4.78 is 1.32. The van der Waals surface area contributed by atoms with Crippen molar-refractivity contribution >= 4 is 12.3 Å². The SMILES string of the molecule is CCC(C(=O)O)n1cc(C)c(C=O)n1. The number of carbonyl (C=O) groups is 2. The van der Waals surface area contributed by atoms with Crippen LogP contribution in [-0.2, 0) is 4.79 Å². The first-order valence-electron chi connectivity index (χ1n) is 4.33. The molecule has 1 heterocycles. The minimum atomic E-state index is -0.938. The van der Waals surface area contributed by atoms with Crippen LogP contribution in [0.1, 0.15) is 35.4 Å². The summed E-state index contributed by atoms with van der Waals surface area (Å²) in [6.07, 6.45) is 2.64. The number of carbonyl (C=O) groups excluding carboxylic acids is 1. The second kappa shape index (κ2) is 4.04. The molecule has 0 fully saturated rings. The Morgan fingerprint density at radius 1 is 1.79 bits per heavy atom. The summed E-state index contributed by atoms with van der Waals surface area (Å²) in [6.45, 7) is 3.48. The Morgan fingerprint density at radius 2 is 2.43 bits per heavy atom. The minimum absolute atomic E-state index is 0.296. The number of hydrogen-bond acceptors (Lipinski definition) is 3. The van der Waals surface area contributed by atoms with Gasteiger partial charge >= 0.3 is 5.97 Å². The molecule has 0 aromatic carbocycles. The van der Waals surface area contributed by atoms with Crippen LogP contribution in [0, 0.1) is 6.92 Å². The standard InChI is InChI=1S/C9H12N2O3/c1-3-8(9(13)14)11-4-6(2)7(5-12)10-11/h4-5,8H,3H2,1-2H3,(H,13,14). The van der Waals surface area contributed by atoms with E-state index in [-0.39, 0.29) is 0 Å². The zero-order valence-corrected chi connectivity index (χ0v) is 8.10. The summed E-state index contributed by atoms with van der Waals surface area (Å²) in [5, 5.41) is 12.7. The highest BCUT2D eigenvalue weighted by Gasteiger charge is 2.19. The van der Waals surface area contributed by atoms with E-state index in [1.807, 2.05) is 0 Å². The summed E-state index contributed by atoms with van der Waals surface area (Å²) in [5.41, 5.74) is 0.990. The van der Waals surface area contributed by atoms with Gasteiger partial charge in [-0.05, 0) is 18.9 Å². The zero-order chi connectivity index (χ0) is 10.7. The van der Waals surface area contributed by atoms with Gasteiger partial charge in [-0.1, -0.05) is 6.92 Å². The number of carboxylic acids is 1. The number of rotatable bonds is 4. The van der Waals surface area contributed by atoms with E-state index in [9.17, 15) is 9.59 Å². The molecule has 1 aromatic rings. The number of carboxylic acid groups (broad SMARTS) is 1. The van der Waals surface area contributed by atoms with Gasteiger partial charge in [-0.2, -0.15) is 5.10 Å². The summed E-state index contributed by atoms with van der Waals surface area (Å²) in [6, 6.07) is -0.692. The van der Waals surface area contributed by atoms with Gasteiger partial charge in [0.05, 0.1) is 0 Å². The van der Waals surface area contributed by atoms with E-state index < -0.39 is 12.0 Å². The predicted molar refractivity (Wildman–Crippen MR) is 49.3 cm³/mol. The molecule has 5 heteroatoms. The van der Waals surface area contributed by atoms with Gasteiger partial charge in [0, 0.05) is 6.20 Å². The lowest BCUT2D eigenvalue weighted by atomic mass is 10.2. The molecule has 0 spiro atoms. The molecule has 1 unspecified atom stereocenters. The lowest BCUT2D eigenvalue weighted by Crippen LogP contribution is -2.18. The van der Waals surface area contributed by atoms with Crippen molar-refractivity contribution in [2.45, 2.75) is 26.3 Å². The average molecular weight is 196 g/mol. The first-order chi connectivity index (χ1) is 6.60. The third-order valence-electron chi connectivity index (χ3n) is 2.06. The first kappa shape index (κ1) is 10.4. The summed E-state index contributed by atoms with van der Waals surface area (Å²) in [4.78, 5) is 21.3. The molecule has 0 radical (unpaired) electrons. The average Bonchev–Trinajstić information content (AvgIpc) is 2.47. The lowest BCUT2D eigenvalue weighted by Gasteiger charge is -2.09. The van der Waals surface area contributed by atoms with Crippen molar-refractivity contribution in [2.24, 2.45) is 0 Å². The van der Waals surface area contributed by atoms with Crippen molar-refractivity contribution in [1.29, 1.82) is 0 Å². The number of nitrogens with zero attached hydrogens (tertiary/aromatic N) is 2. The number of aliphatic carboxylic acids is 1. The van der Waals surface area contributed by atoms with Crippen molar-refractivity contribution in [3.05, 3.63) is 17.5 Å². The maximum Gasteiger partial charge on any atom is 0.328 e. The Balaban J connectivity index is 3.05. The molecule has 0 saturated carbocycles. The van der Waals surface area contributed by atoms with Crippen molar-refractivity contribution < 1.29 is 14.7 Å². The molecule has 1 rings (SSSR count). The second-order valence-electron chi connectivity index (χ2n) is 3.06. The highest BCUT2D eigenvalue weighted by atomic mass is 16.4. The predicted octanol–water partition coefficient (Wildman–Crippen LogP) is 1.04. The van der Waals surface area contributed by atoms with Crippen molar-refractivity contribution in [3.8, 4) is 0 Å². The van der Waals surface area contributed by atoms with E-state index >= 15 is 0 Å². The molecule has 0 aliphatic heterocycles. The van der Waals surface area contributed by atoms with Gasteiger partial charge in [0.1, 0.15) is 11.7 Å². The quantitative estimate of drug-likeness (QED) is 0.730. The first-order valence-corrected chi connectivity index (χ1v) is 4.33. The van der Waals surface area contributed by atoms with Gasteiger partial charge in [-0.3, -0.25) is 9.48 Å². The Bertz CT molecular complexity index is 357. The molecule has 1 aromatic heterocycles. The number of aryl methyl sites for hydroxylation is 1. The third kappa shape index (κ3) is 1.81. The number of aldehydes is 1. The van der Waals surface area contributed by atoms with Gasteiger partial charge in [0.15, 0.2) is 6.29 Å². The minimum Gasteiger partial charge on any atom is -0.480 e. The summed E-state index contributed by atoms with van der Waals surface area (Å²) >= 11 is 0. The van der Waals surface area contributed by atoms with E-state index in [0.29, 0.717) is 24.0 Å². The third-order valence-corrected chi connectivity index (χ3v) is 2.06. The molecule has 0 amide bonds. The number of aromatic nitrogens is 2. The van der Waals surface area contributed by atoms with Crippen molar-refractivity contribution in [1.82, 2.24) is 9.78 Å². The lowest BCUT2D eigenvalue weighted by molar-refractivity contribution is -0.141. The molecular weight excluding hydrogens is 184 g/mol. The zero-order valence-electron chi connectivity index (χ0n) is 8.10. The van der Waals surface area contributed by atoms with Crippen LogP contribution in [0.5, 0.6) is 0 Å². The van der Waals surface area contributed by atoms with Crippen molar-refractivity contribution in [3.63, 3.8) is 0 Å². The van der Waals surface area contributed by atoms with Gasteiger partial charge in [0.25, 0.3) is 0 Å². The maximum absolute atomic E-state index is 10.8. The molecule has 1 atom stereocenters. The molecular formula is C9H12N2O3. The van der Waals surface area contributed by atoms with Crippen LogP contribution in [0.15, 0.2) is 6.20 Å². The van der Waals surface area contributed by atoms with E-state index in [1.54, 1.807) is 20.0 Å². The van der Waals surface area contributed by atoms with Crippen LogP contribution in [-0.4, -0.2) is 27.1 Å². The second-order valence-corrected chi connectivity index (χ2v) is 3.06. The van der Waals surface area contributed by atoms with Gasteiger partial charge in [-0.15, -0.1) is 0 Å². The summed E-state index contributed by atoms with van der Waals surface area (Å²) in [7, 11) is 0. The highest BCUT2D eigenvalue weighted by Crippen LogP contribution is 2.13. The number of hydrogen-bond donors (Lipinski definition) is 1. The van der Waals surface area contributed by atoms with Crippen LogP contribution in [0.2, 0.25) is 0 Å². The molecule has 0 aliphatic rings. The Hall–Kier alpha value is -1.65. The van der Waals surface area contributed by atoms with Crippen LogP contribution in [0.4, 0.5) is 0 Å². The van der Waals surface area contributed by atoms with E-state index in [1.165, 1.54) is 4.68 Å². The van der Waals surface area contributed by atoms with Crippen LogP contribution in [0.25, 0.3) is 0 Å².